The van der Waals surface area contributed by atoms with Crippen molar-refractivity contribution in [2.45, 2.75) is 44.4 Å². The van der Waals surface area contributed by atoms with Crippen molar-refractivity contribution < 1.29 is 24.5 Å². The number of aliphatic hydroxyl groups is 1. The van der Waals surface area contributed by atoms with Gasteiger partial charge in [-0.2, -0.15) is 0 Å². The van der Waals surface area contributed by atoms with Gasteiger partial charge in [0.1, 0.15) is 6.04 Å². The number of aliphatic carboxylic acids is 1. The van der Waals surface area contributed by atoms with Crippen LogP contribution < -0.4 is 0 Å². The van der Waals surface area contributed by atoms with Crippen molar-refractivity contribution in [1.82, 2.24) is 4.90 Å². The van der Waals surface area contributed by atoms with Crippen LogP contribution in [-0.4, -0.2) is 58.4 Å². The minimum Gasteiger partial charge on any atom is -0.480 e. The van der Waals surface area contributed by atoms with Gasteiger partial charge in [0.2, 0.25) is 5.91 Å². The van der Waals surface area contributed by atoms with E-state index in [1.54, 1.807) is 0 Å². The number of amides is 1. The minimum absolute atomic E-state index is 0.114. The molecule has 0 radical (unpaired) electrons. The molecule has 6 heteroatoms. The van der Waals surface area contributed by atoms with Crippen molar-refractivity contribution >= 4 is 11.9 Å². The van der Waals surface area contributed by atoms with Crippen LogP contribution in [0.1, 0.15) is 26.2 Å². The summed E-state index contributed by atoms with van der Waals surface area (Å²) in [6.45, 7) is 2.61. The van der Waals surface area contributed by atoms with Crippen molar-refractivity contribution in [3.05, 3.63) is 0 Å². The molecule has 2 heterocycles. The molecule has 6 nitrogen and oxygen atoms in total. The molecule has 0 aromatic carbocycles. The third-order valence-electron chi connectivity index (χ3n) is 3.78. The highest BCUT2D eigenvalue weighted by atomic mass is 16.5. The fourth-order valence-corrected chi connectivity index (χ4v) is 2.84. The molecule has 2 unspecified atom stereocenters. The van der Waals surface area contributed by atoms with Crippen LogP contribution in [0.25, 0.3) is 0 Å². The van der Waals surface area contributed by atoms with Crippen LogP contribution in [0, 0.1) is 5.92 Å². The normalized spacial score (nSPS) is 36.0. The Balaban J connectivity index is 2.10. The van der Waals surface area contributed by atoms with E-state index in [4.69, 9.17) is 9.84 Å². The lowest BCUT2D eigenvalue weighted by molar-refractivity contribution is -0.150. The van der Waals surface area contributed by atoms with E-state index in [0.717, 1.165) is 6.42 Å². The standard InChI is InChI=1S/C12H19NO5/c1-2-10-8(3-4-18-10)11(15)13-6-7(14)5-9(13)12(16)17/h7-10,14H,2-6H2,1H3,(H,16,17)/t7-,8?,9-,10?/m1/s1. The van der Waals surface area contributed by atoms with Crippen LogP contribution in [0.3, 0.4) is 0 Å². The van der Waals surface area contributed by atoms with Gasteiger partial charge in [0.05, 0.1) is 18.1 Å². The van der Waals surface area contributed by atoms with Crippen LogP contribution in [0.15, 0.2) is 0 Å². The van der Waals surface area contributed by atoms with Gasteiger partial charge in [-0.15, -0.1) is 0 Å². The number of hydrogen-bond acceptors (Lipinski definition) is 4. The SMILES string of the molecule is CCC1OCCC1C(=O)N1C[C@H](O)C[C@@H]1C(=O)O. The number of ether oxygens (including phenoxy) is 1. The van der Waals surface area contributed by atoms with Crippen LogP contribution in [0.5, 0.6) is 0 Å². The molecular weight excluding hydrogens is 238 g/mol. The number of likely N-dealkylation sites (tertiary alicyclic amines) is 1. The number of hydrogen-bond donors (Lipinski definition) is 2. The molecule has 0 spiro atoms. The number of carbonyl (C=O) groups is 2. The lowest BCUT2D eigenvalue weighted by Crippen LogP contribution is -2.45. The molecule has 0 aromatic heterocycles. The zero-order valence-electron chi connectivity index (χ0n) is 10.4. The average molecular weight is 257 g/mol. The summed E-state index contributed by atoms with van der Waals surface area (Å²) in [6, 6.07) is -0.898. The van der Waals surface area contributed by atoms with Gasteiger partial charge in [0.25, 0.3) is 0 Å². The summed E-state index contributed by atoms with van der Waals surface area (Å²) in [5.41, 5.74) is 0. The van der Waals surface area contributed by atoms with Crippen molar-refractivity contribution in [3.63, 3.8) is 0 Å². The molecule has 2 N–H and O–H groups in total. The zero-order chi connectivity index (χ0) is 13.3. The lowest BCUT2D eigenvalue weighted by atomic mass is 9.97. The van der Waals surface area contributed by atoms with Gasteiger partial charge in [-0.3, -0.25) is 4.79 Å². The maximum Gasteiger partial charge on any atom is 0.326 e. The Hall–Kier alpha value is -1.14. The molecule has 0 bridgehead atoms. The largest absolute Gasteiger partial charge is 0.480 e. The Morgan fingerprint density at radius 3 is 2.78 bits per heavy atom. The Morgan fingerprint density at radius 1 is 1.44 bits per heavy atom. The predicted molar refractivity (Wildman–Crippen MR) is 61.9 cm³/mol. The second kappa shape index (κ2) is 5.24. The highest BCUT2D eigenvalue weighted by Gasteiger charge is 2.44. The van der Waals surface area contributed by atoms with Gasteiger partial charge < -0.3 is 19.8 Å². The Labute approximate surface area is 106 Å². The zero-order valence-corrected chi connectivity index (χ0v) is 10.4. The smallest absolute Gasteiger partial charge is 0.326 e. The molecule has 2 rings (SSSR count). The highest BCUT2D eigenvalue weighted by molar-refractivity contribution is 5.86. The van der Waals surface area contributed by atoms with E-state index in [1.807, 2.05) is 6.92 Å². The molecule has 0 aromatic rings. The molecule has 2 fully saturated rings. The molecule has 2 saturated heterocycles. The van der Waals surface area contributed by atoms with Crippen molar-refractivity contribution in [1.29, 1.82) is 0 Å². The van der Waals surface area contributed by atoms with Gasteiger partial charge in [-0.25, -0.2) is 4.79 Å². The summed E-state index contributed by atoms with van der Waals surface area (Å²) in [4.78, 5) is 24.7. The Bertz CT molecular complexity index is 345. The molecule has 0 aliphatic carbocycles. The van der Waals surface area contributed by atoms with Crippen LogP contribution >= 0.6 is 0 Å². The first-order valence-electron chi connectivity index (χ1n) is 6.37. The number of aliphatic hydroxyl groups excluding tert-OH is 1. The number of nitrogens with zero attached hydrogens (tertiary/aromatic N) is 1. The van der Waals surface area contributed by atoms with Crippen LogP contribution in [-0.2, 0) is 14.3 Å². The van der Waals surface area contributed by atoms with E-state index in [-0.39, 0.29) is 30.9 Å². The summed E-state index contributed by atoms with van der Waals surface area (Å²) in [7, 11) is 0. The van der Waals surface area contributed by atoms with Crippen LogP contribution in [0.2, 0.25) is 0 Å². The van der Waals surface area contributed by atoms with Gasteiger partial charge >= 0.3 is 5.97 Å². The molecule has 1 amide bonds. The first-order valence-corrected chi connectivity index (χ1v) is 6.37. The number of β-amino-alcohol motifs (C(OH)–C–C–N with tert-alkyl or cyclic N) is 1. The number of carbonyl (C=O) groups excluding carboxylic acids is 1. The van der Waals surface area contributed by atoms with E-state index < -0.39 is 18.1 Å². The number of rotatable bonds is 3. The number of carboxylic acid groups (broad SMARTS) is 1. The molecule has 102 valence electrons. The molecule has 4 atom stereocenters. The fourth-order valence-electron chi connectivity index (χ4n) is 2.84. The second-order valence-corrected chi connectivity index (χ2v) is 4.95. The topological polar surface area (TPSA) is 87.1 Å². The van der Waals surface area contributed by atoms with Gasteiger partial charge in [0, 0.05) is 19.6 Å². The molecule has 2 aliphatic heterocycles. The van der Waals surface area contributed by atoms with E-state index in [1.165, 1.54) is 4.90 Å². The summed E-state index contributed by atoms with van der Waals surface area (Å²) in [5.74, 6) is -1.50. The highest BCUT2D eigenvalue weighted by Crippen LogP contribution is 2.29. The van der Waals surface area contributed by atoms with Gasteiger partial charge in [-0.1, -0.05) is 6.92 Å². The number of carboxylic acids is 1. The predicted octanol–water partition coefficient (Wildman–Crippen LogP) is -0.152. The Kier molecular flexibility index (Phi) is 3.87. The van der Waals surface area contributed by atoms with E-state index in [9.17, 15) is 14.7 Å². The monoisotopic (exact) mass is 257 g/mol. The lowest BCUT2D eigenvalue weighted by Gasteiger charge is -2.26. The first kappa shape index (κ1) is 13.3. The molecule has 0 saturated carbocycles. The second-order valence-electron chi connectivity index (χ2n) is 4.95. The third kappa shape index (κ3) is 2.35. The minimum atomic E-state index is -1.05. The first-order chi connectivity index (χ1) is 8.54. The summed E-state index contributed by atoms with van der Waals surface area (Å²) >= 11 is 0. The summed E-state index contributed by atoms with van der Waals surface area (Å²) < 4.78 is 5.46. The maximum atomic E-state index is 12.3. The van der Waals surface area contributed by atoms with Crippen LogP contribution in [0.4, 0.5) is 0 Å². The Morgan fingerprint density at radius 2 is 2.17 bits per heavy atom. The summed E-state index contributed by atoms with van der Waals surface area (Å²) in [6.07, 6.45) is 0.633. The van der Waals surface area contributed by atoms with Crippen molar-refractivity contribution in [3.8, 4) is 0 Å². The van der Waals surface area contributed by atoms with Crippen molar-refractivity contribution in [2.24, 2.45) is 5.92 Å². The van der Waals surface area contributed by atoms with E-state index in [0.29, 0.717) is 13.0 Å². The average Bonchev–Trinajstić information content (AvgIpc) is 2.93. The fraction of sp³-hybridized carbons (Fsp3) is 0.833. The van der Waals surface area contributed by atoms with Crippen molar-refractivity contribution in [2.75, 3.05) is 13.2 Å². The van der Waals surface area contributed by atoms with Gasteiger partial charge in [-0.05, 0) is 12.8 Å². The van der Waals surface area contributed by atoms with E-state index in [2.05, 4.69) is 0 Å². The molecular formula is C12H19NO5. The maximum absolute atomic E-state index is 12.3. The van der Waals surface area contributed by atoms with E-state index >= 15 is 0 Å². The molecule has 2 aliphatic rings. The molecule has 18 heavy (non-hydrogen) atoms. The van der Waals surface area contributed by atoms with Gasteiger partial charge in [0.15, 0.2) is 0 Å². The quantitative estimate of drug-likeness (QED) is 0.734. The third-order valence-corrected chi connectivity index (χ3v) is 3.78. The summed E-state index contributed by atoms with van der Waals surface area (Å²) in [5, 5.41) is 18.6.